The summed E-state index contributed by atoms with van der Waals surface area (Å²) < 4.78 is 11.5. The summed E-state index contributed by atoms with van der Waals surface area (Å²) in [4.78, 5) is 28.2. The minimum Gasteiger partial charge on any atom is -0.444 e. The Balaban J connectivity index is 2.85. The number of carbonyl (C=O) groups is 2. The lowest BCUT2D eigenvalue weighted by molar-refractivity contribution is 0.0545. The molecule has 0 aliphatic rings. The van der Waals surface area contributed by atoms with E-state index in [9.17, 15) is 9.59 Å². The first-order valence-corrected chi connectivity index (χ1v) is 9.21. The predicted molar refractivity (Wildman–Crippen MR) is 109 cm³/mol. The van der Waals surface area contributed by atoms with Crippen LogP contribution in [0.1, 0.15) is 47.1 Å². The van der Waals surface area contributed by atoms with Crippen LogP contribution in [0, 0.1) is 3.57 Å². The summed E-state index contributed by atoms with van der Waals surface area (Å²) in [5.74, 6) is -0.0351. The van der Waals surface area contributed by atoms with E-state index in [1.165, 1.54) is 0 Å². The SMILES string of the molecule is CC(C)(C)OC(=O)NC(=NCc1ccc(I)cc1)NC(=O)OC(C)(C)C. The molecule has 0 aliphatic heterocycles. The van der Waals surface area contributed by atoms with Crippen molar-refractivity contribution >= 4 is 40.7 Å². The molecule has 0 aromatic heterocycles. The van der Waals surface area contributed by atoms with Gasteiger partial charge < -0.3 is 9.47 Å². The van der Waals surface area contributed by atoms with E-state index in [4.69, 9.17) is 9.47 Å². The highest BCUT2D eigenvalue weighted by atomic mass is 127. The molecule has 0 aliphatic carbocycles. The molecule has 0 saturated heterocycles. The summed E-state index contributed by atoms with van der Waals surface area (Å²) in [5.41, 5.74) is -0.408. The van der Waals surface area contributed by atoms with Gasteiger partial charge in [0.25, 0.3) is 0 Å². The molecule has 0 heterocycles. The largest absolute Gasteiger partial charge is 0.444 e. The molecule has 26 heavy (non-hydrogen) atoms. The smallest absolute Gasteiger partial charge is 0.414 e. The molecule has 1 rings (SSSR count). The second kappa shape index (κ2) is 9.20. The number of rotatable bonds is 2. The van der Waals surface area contributed by atoms with Crippen LogP contribution in [0.25, 0.3) is 0 Å². The summed E-state index contributed by atoms with van der Waals surface area (Å²) in [6.07, 6.45) is -1.43. The Bertz CT molecular complexity index is 626. The second-order valence-electron chi connectivity index (χ2n) is 7.55. The molecule has 0 radical (unpaired) electrons. The third-order valence-electron chi connectivity index (χ3n) is 2.57. The number of ether oxygens (including phenoxy) is 2. The molecule has 1 aromatic carbocycles. The van der Waals surface area contributed by atoms with Crippen LogP contribution in [0.4, 0.5) is 9.59 Å². The highest BCUT2D eigenvalue weighted by molar-refractivity contribution is 14.1. The Morgan fingerprint density at radius 2 is 1.35 bits per heavy atom. The fourth-order valence-electron chi connectivity index (χ4n) is 1.67. The van der Waals surface area contributed by atoms with Gasteiger partial charge in [0, 0.05) is 3.57 Å². The van der Waals surface area contributed by atoms with E-state index < -0.39 is 23.4 Å². The van der Waals surface area contributed by atoms with Crippen LogP contribution in [-0.2, 0) is 16.0 Å². The molecule has 2 N–H and O–H groups in total. The lowest BCUT2D eigenvalue weighted by atomic mass is 10.2. The Morgan fingerprint density at radius 1 is 0.923 bits per heavy atom. The fourth-order valence-corrected chi connectivity index (χ4v) is 2.03. The van der Waals surface area contributed by atoms with E-state index in [2.05, 4.69) is 38.2 Å². The lowest BCUT2D eigenvalue weighted by Crippen LogP contribution is -2.47. The van der Waals surface area contributed by atoms with E-state index in [-0.39, 0.29) is 12.5 Å². The van der Waals surface area contributed by atoms with Crippen molar-refractivity contribution in [2.24, 2.45) is 4.99 Å². The number of aliphatic imine (C=N–C) groups is 1. The zero-order chi connectivity index (χ0) is 20.0. The number of hydrogen-bond acceptors (Lipinski definition) is 5. The highest BCUT2D eigenvalue weighted by Crippen LogP contribution is 2.09. The maximum absolute atomic E-state index is 12.0. The van der Waals surface area contributed by atoms with Gasteiger partial charge in [-0.15, -0.1) is 0 Å². The molecule has 0 bridgehead atoms. The summed E-state index contributed by atoms with van der Waals surface area (Å²) in [7, 11) is 0. The summed E-state index contributed by atoms with van der Waals surface area (Å²) in [5, 5.41) is 4.89. The van der Waals surface area contributed by atoms with Crippen LogP contribution < -0.4 is 10.6 Å². The Hall–Kier alpha value is -1.84. The monoisotopic (exact) mass is 475 g/mol. The number of nitrogens with one attached hydrogen (secondary N) is 2. The molecule has 0 atom stereocenters. The summed E-state index contributed by atoms with van der Waals surface area (Å²) in [6.45, 7) is 10.8. The van der Waals surface area contributed by atoms with Crippen molar-refractivity contribution in [3.8, 4) is 0 Å². The Morgan fingerprint density at radius 3 is 1.73 bits per heavy atom. The number of amides is 2. The third-order valence-corrected chi connectivity index (χ3v) is 3.29. The van der Waals surface area contributed by atoms with Crippen LogP contribution in [0.5, 0.6) is 0 Å². The van der Waals surface area contributed by atoms with Crippen molar-refractivity contribution in [3.63, 3.8) is 0 Å². The first kappa shape index (κ1) is 22.2. The van der Waals surface area contributed by atoms with Crippen molar-refractivity contribution in [1.82, 2.24) is 10.6 Å². The normalized spacial score (nSPS) is 11.3. The van der Waals surface area contributed by atoms with Gasteiger partial charge in [0.1, 0.15) is 11.2 Å². The number of halogens is 1. The topological polar surface area (TPSA) is 89.0 Å². The van der Waals surface area contributed by atoms with Gasteiger partial charge in [-0.25, -0.2) is 14.6 Å². The molecule has 8 heteroatoms. The van der Waals surface area contributed by atoms with Gasteiger partial charge in [-0.3, -0.25) is 10.6 Å². The van der Waals surface area contributed by atoms with E-state index in [0.717, 1.165) is 9.13 Å². The fraction of sp³-hybridized carbons (Fsp3) is 0.500. The van der Waals surface area contributed by atoms with E-state index in [0.29, 0.717) is 0 Å². The van der Waals surface area contributed by atoms with Crippen LogP contribution in [0.3, 0.4) is 0 Å². The third kappa shape index (κ3) is 10.2. The minimum atomic E-state index is -0.713. The van der Waals surface area contributed by atoms with Crippen molar-refractivity contribution in [3.05, 3.63) is 33.4 Å². The lowest BCUT2D eigenvalue weighted by Gasteiger charge is -2.22. The summed E-state index contributed by atoms with van der Waals surface area (Å²) in [6, 6.07) is 7.75. The van der Waals surface area contributed by atoms with Crippen LogP contribution in [0.15, 0.2) is 29.3 Å². The van der Waals surface area contributed by atoms with Crippen LogP contribution in [0.2, 0.25) is 0 Å². The van der Waals surface area contributed by atoms with Crippen molar-refractivity contribution in [2.45, 2.75) is 59.3 Å². The van der Waals surface area contributed by atoms with Gasteiger partial charge in [0.05, 0.1) is 6.54 Å². The van der Waals surface area contributed by atoms with Gasteiger partial charge in [0.2, 0.25) is 5.96 Å². The van der Waals surface area contributed by atoms with E-state index in [1.54, 1.807) is 41.5 Å². The van der Waals surface area contributed by atoms with Gasteiger partial charge in [-0.2, -0.15) is 0 Å². The van der Waals surface area contributed by atoms with E-state index >= 15 is 0 Å². The van der Waals surface area contributed by atoms with Crippen molar-refractivity contribution in [1.29, 1.82) is 0 Å². The number of nitrogens with zero attached hydrogens (tertiary/aromatic N) is 1. The van der Waals surface area contributed by atoms with Crippen molar-refractivity contribution < 1.29 is 19.1 Å². The molecule has 144 valence electrons. The standard InChI is InChI=1S/C18H26IN3O4/c1-17(2,3)25-15(23)21-14(22-16(24)26-18(4,5)6)20-11-12-7-9-13(19)10-8-12/h7-10H,11H2,1-6H3,(H2,20,21,22,23,24). The van der Waals surface area contributed by atoms with Gasteiger partial charge >= 0.3 is 12.2 Å². The van der Waals surface area contributed by atoms with Crippen LogP contribution >= 0.6 is 22.6 Å². The molecule has 0 saturated carbocycles. The van der Waals surface area contributed by atoms with Crippen molar-refractivity contribution in [2.75, 3.05) is 0 Å². The highest BCUT2D eigenvalue weighted by Gasteiger charge is 2.21. The Labute approximate surface area is 168 Å². The first-order chi connectivity index (χ1) is 11.8. The molecule has 0 spiro atoms. The molecule has 0 unspecified atom stereocenters. The Kier molecular flexibility index (Phi) is 7.86. The number of carbonyl (C=O) groups excluding carboxylic acids is 2. The van der Waals surface area contributed by atoms with E-state index in [1.807, 2.05) is 24.3 Å². The van der Waals surface area contributed by atoms with Gasteiger partial charge in [-0.05, 0) is 81.8 Å². The molecule has 1 aromatic rings. The van der Waals surface area contributed by atoms with Gasteiger partial charge in [0.15, 0.2) is 0 Å². The van der Waals surface area contributed by atoms with Gasteiger partial charge in [-0.1, -0.05) is 12.1 Å². The molecule has 7 nitrogen and oxygen atoms in total. The maximum atomic E-state index is 12.0. The minimum absolute atomic E-state index is 0.0351. The quantitative estimate of drug-likeness (QED) is 0.381. The molecular formula is C18H26IN3O4. The number of hydrogen-bond donors (Lipinski definition) is 2. The summed E-state index contributed by atoms with van der Waals surface area (Å²) >= 11 is 2.21. The second-order valence-corrected chi connectivity index (χ2v) is 8.79. The number of alkyl carbamates (subject to hydrolysis) is 2. The van der Waals surface area contributed by atoms with Crippen LogP contribution in [-0.4, -0.2) is 29.3 Å². The molecule has 0 fully saturated rings. The zero-order valence-electron chi connectivity index (χ0n) is 16.0. The maximum Gasteiger partial charge on any atom is 0.414 e. The molecule has 2 amide bonds. The average molecular weight is 475 g/mol. The molecular weight excluding hydrogens is 449 g/mol. The predicted octanol–water partition coefficient (Wildman–Crippen LogP) is 4.20. The number of guanidine groups is 1. The average Bonchev–Trinajstić information content (AvgIpc) is 2.42. The first-order valence-electron chi connectivity index (χ1n) is 8.13. The zero-order valence-corrected chi connectivity index (χ0v) is 18.1. The number of benzene rings is 1.